The van der Waals surface area contributed by atoms with Crippen LogP contribution in [0.1, 0.15) is 5.56 Å². The van der Waals surface area contributed by atoms with Gasteiger partial charge in [-0.15, -0.1) is 0 Å². The molecule has 0 aliphatic carbocycles. The molecule has 0 aliphatic rings. The molecular formula is C10H12N2O2. The predicted octanol–water partition coefficient (Wildman–Crippen LogP) is 2.13. The number of hydrogen-bond acceptors (Lipinski definition) is 3. The molecule has 1 rings (SSSR count). The Bertz CT molecular complexity index is 342. The summed E-state index contributed by atoms with van der Waals surface area (Å²) >= 11 is 0. The van der Waals surface area contributed by atoms with E-state index in [9.17, 15) is 10.1 Å². The molecule has 4 nitrogen and oxygen atoms in total. The lowest BCUT2D eigenvalue weighted by atomic mass is 10.2. The first-order valence-electron chi connectivity index (χ1n) is 4.18. The molecule has 0 N–H and O–H groups in total. The fraction of sp³-hybridized carbons (Fsp3) is 0.200. The molecule has 0 aromatic heterocycles. The van der Waals surface area contributed by atoms with E-state index in [-0.39, 0.29) is 5.69 Å². The third-order valence-corrected chi connectivity index (χ3v) is 1.67. The molecule has 0 bridgehead atoms. The van der Waals surface area contributed by atoms with Gasteiger partial charge in [-0.3, -0.25) is 10.1 Å². The van der Waals surface area contributed by atoms with Crippen molar-refractivity contribution in [1.82, 2.24) is 4.90 Å². The minimum atomic E-state index is -0.403. The van der Waals surface area contributed by atoms with Gasteiger partial charge in [0.25, 0.3) is 5.69 Å². The van der Waals surface area contributed by atoms with Crippen LogP contribution in [0, 0.1) is 10.1 Å². The lowest BCUT2D eigenvalue weighted by Crippen LogP contribution is -1.99. The maximum absolute atomic E-state index is 10.4. The number of nitro benzene ring substituents is 1. The minimum absolute atomic E-state index is 0.118. The topological polar surface area (TPSA) is 46.4 Å². The summed E-state index contributed by atoms with van der Waals surface area (Å²) in [5.41, 5.74) is 1.07. The summed E-state index contributed by atoms with van der Waals surface area (Å²) in [5.74, 6) is 0. The Hall–Kier alpha value is -1.84. The molecule has 0 radical (unpaired) electrons. The summed E-state index contributed by atoms with van der Waals surface area (Å²) in [5, 5.41) is 10.4. The summed E-state index contributed by atoms with van der Waals surface area (Å²) < 4.78 is 0. The largest absolute Gasteiger partial charge is 0.383 e. The molecule has 4 heteroatoms. The van der Waals surface area contributed by atoms with Crippen molar-refractivity contribution in [1.29, 1.82) is 0 Å². The van der Waals surface area contributed by atoms with Crippen molar-refractivity contribution in [2.75, 3.05) is 14.1 Å². The van der Waals surface area contributed by atoms with Crippen molar-refractivity contribution in [3.63, 3.8) is 0 Å². The molecule has 0 aliphatic heterocycles. The van der Waals surface area contributed by atoms with E-state index in [2.05, 4.69) is 0 Å². The monoisotopic (exact) mass is 192 g/mol. The van der Waals surface area contributed by atoms with Crippen LogP contribution < -0.4 is 0 Å². The van der Waals surface area contributed by atoms with Gasteiger partial charge in [-0.25, -0.2) is 0 Å². The van der Waals surface area contributed by atoms with Crippen LogP contribution in [0.3, 0.4) is 0 Å². The van der Waals surface area contributed by atoms with E-state index in [1.165, 1.54) is 12.1 Å². The first kappa shape index (κ1) is 10.2. The van der Waals surface area contributed by atoms with Gasteiger partial charge in [0.05, 0.1) is 4.92 Å². The molecule has 0 saturated heterocycles. The van der Waals surface area contributed by atoms with Crippen LogP contribution in [0.5, 0.6) is 0 Å². The number of nitrogens with zero attached hydrogens (tertiary/aromatic N) is 2. The highest BCUT2D eigenvalue weighted by Crippen LogP contribution is 2.12. The molecule has 0 spiro atoms. The van der Waals surface area contributed by atoms with Gasteiger partial charge in [-0.05, 0) is 30.0 Å². The van der Waals surface area contributed by atoms with Crippen LogP contribution in [-0.2, 0) is 0 Å². The molecule has 0 amide bonds. The zero-order valence-electron chi connectivity index (χ0n) is 8.18. The van der Waals surface area contributed by atoms with E-state index in [1.54, 1.807) is 12.1 Å². The first-order chi connectivity index (χ1) is 6.59. The van der Waals surface area contributed by atoms with E-state index in [0.717, 1.165) is 5.56 Å². The molecule has 14 heavy (non-hydrogen) atoms. The van der Waals surface area contributed by atoms with E-state index >= 15 is 0 Å². The van der Waals surface area contributed by atoms with Gasteiger partial charge < -0.3 is 4.90 Å². The van der Waals surface area contributed by atoms with Crippen LogP contribution in [-0.4, -0.2) is 23.9 Å². The number of rotatable bonds is 3. The van der Waals surface area contributed by atoms with E-state index in [4.69, 9.17) is 0 Å². The maximum atomic E-state index is 10.4. The number of non-ortho nitro benzene ring substituents is 1. The average Bonchev–Trinajstić information content (AvgIpc) is 2.15. The zero-order chi connectivity index (χ0) is 10.6. The Balaban J connectivity index is 2.78. The molecule has 1 aromatic rings. The van der Waals surface area contributed by atoms with Gasteiger partial charge in [-0.2, -0.15) is 0 Å². The normalized spacial score (nSPS) is 10.4. The second-order valence-electron chi connectivity index (χ2n) is 3.13. The molecule has 0 heterocycles. The number of hydrogen-bond donors (Lipinski definition) is 0. The van der Waals surface area contributed by atoms with Gasteiger partial charge in [0.2, 0.25) is 0 Å². The third-order valence-electron chi connectivity index (χ3n) is 1.67. The van der Waals surface area contributed by atoms with Gasteiger partial charge in [0, 0.05) is 26.2 Å². The van der Waals surface area contributed by atoms with Gasteiger partial charge in [0.1, 0.15) is 0 Å². The lowest BCUT2D eigenvalue weighted by molar-refractivity contribution is -0.384. The van der Waals surface area contributed by atoms with Gasteiger partial charge >= 0.3 is 0 Å². The Labute approximate surface area is 82.6 Å². The SMILES string of the molecule is CN(C)/C=C/c1ccc([N+](=O)[O-])cc1. The highest BCUT2D eigenvalue weighted by molar-refractivity contribution is 5.51. The van der Waals surface area contributed by atoms with E-state index in [0.29, 0.717) is 0 Å². The summed E-state index contributed by atoms with van der Waals surface area (Å²) in [4.78, 5) is 11.9. The second-order valence-corrected chi connectivity index (χ2v) is 3.13. The van der Waals surface area contributed by atoms with Gasteiger partial charge in [0.15, 0.2) is 0 Å². The van der Waals surface area contributed by atoms with Crippen molar-refractivity contribution in [3.05, 3.63) is 46.1 Å². The van der Waals surface area contributed by atoms with Crippen molar-refractivity contribution in [3.8, 4) is 0 Å². The van der Waals surface area contributed by atoms with Crippen LogP contribution >= 0.6 is 0 Å². The molecule has 74 valence electrons. The van der Waals surface area contributed by atoms with Crippen LogP contribution in [0.2, 0.25) is 0 Å². The van der Waals surface area contributed by atoms with Crippen LogP contribution in [0.15, 0.2) is 30.5 Å². The lowest BCUT2D eigenvalue weighted by Gasteiger charge is -2.02. The zero-order valence-corrected chi connectivity index (χ0v) is 8.18. The number of nitro groups is 1. The summed E-state index contributed by atoms with van der Waals surface area (Å²) in [6.45, 7) is 0. The molecule has 1 aromatic carbocycles. The van der Waals surface area contributed by atoms with Crippen LogP contribution in [0.4, 0.5) is 5.69 Å². The van der Waals surface area contributed by atoms with Gasteiger partial charge in [-0.1, -0.05) is 0 Å². The van der Waals surface area contributed by atoms with Crippen molar-refractivity contribution in [2.24, 2.45) is 0 Å². The molecule has 0 atom stereocenters. The first-order valence-corrected chi connectivity index (χ1v) is 4.18. The highest BCUT2D eigenvalue weighted by Gasteiger charge is 2.01. The molecule has 0 saturated carbocycles. The molecule has 0 fully saturated rings. The third kappa shape index (κ3) is 2.90. The summed E-state index contributed by atoms with van der Waals surface area (Å²) in [6, 6.07) is 6.43. The van der Waals surface area contributed by atoms with Crippen LogP contribution in [0.25, 0.3) is 6.08 Å². The maximum Gasteiger partial charge on any atom is 0.269 e. The Morgan fingerprint density at radius 1 is 1.29 bits per heavy atom. The Kier molecular flexibility index (Phi) is 3.23. The summed E-state index contributed by atoms with van der Waals surface area (Å²) in [7, 11) is 3.84. The number of benzene rings is 1. The highest BCUT2D eigenvalue weighted by atomic mass is 16.6. The second kappa shape index (κ2) is 4.41. The van der Waals surface area contributed by atoms with Crippen molar-refractivity contribution >= 4 is 11.8 Å². The van der Waals surface area contributed by atoms with Crippen molar-refractivity contribution < 1.29 is 4.92 Å². The molecule has 0 unspecified atom stereocenters. The fourth-order valence-corrected chi connectivity index (χ4v) is 0.942. The van der Waals surface area contributed by atoms with Crippen molar-refractivity contribution in [2.45, 2.75) is 0 Å². The Morgan fingerprint density at radius 3 is 2.29 bits per heavy atom. The Morgan fingerprint density at radius 2 is 1.86 bits per heavy atom. The fourth-order valence-electron chi connectivity index (χ4n) is 0.942. The smallest absolute Gasteiger partial charge is 0.269 e. The minimum Gasteiger partial charge on any atom is -0.383 e. The summed E-state index contributed by atoms with van der Waals surface area (Å²) in [6.07, 6.45) is 3.78. The quantitative estimate of drug-likeness (QED) is 0.544. The predicted molar refractivity (Wildman–Crippen MR) is 55.8 cm³/mol. The van der Waals surface area contributed by atoms with E-state index < -0.39 is 4.92 Å². The average molecular weight is 192 g/mol. The standard InChI is InChI=1S/C10H12N2O2/c1-11(2)8-7-9-3-5-10(6-4-9)12(13)14/h3-8H,1-2H3/b8-7+. The molecular weight excluding hydrogens is 180 g/mol. The van der Waals surface area contributed by atoms with E-state index in [1.807, 2.05) is 31.3 Å².